The van der Waals surface area contributed by atoms with E-state index in [0.29, 0.717) is 0 Å². The molecular weight excluding hydrogens is 238 g/mol. The molecule has 0 N–H and O–H groups in total. The van der Waals surface area contributed by atoms with Gasteiger partial charge in [-0.15, -0.1) is 11.8 Å². The fraction of sp³-hybridized carbons (Fsp3) is 0.750. The molecule has 1 rings (SSSR count). The summed E-state index contributed by atoms with van der Waals surface area (Å²) in [5.74, 6) is 0. The largest absolute Gasteiger partial charge is 0.302 e. The number of likely N-dealkylation sites (N-methyl/N-ethyl adjacent to an activating group) is 1. The zero-order valence-electron chi connectivity index (χ0n) is 14.2. The highest BCUT2D eigenvalue weighted by Gasteiger charge is 2.15. The van der Waals surface area contributed by atoms with E-state index in [1.165, 1.54) is 29.0 Å². The van der Waals surface area contributed by atoms with Gasteiger partial charge in [-0.2, -0.15) is 0 Å². The average molecular weight is 274 g/mol. The van der Waals surface area contributed by atoms with Crippen molar-refractivity contribution in [2.45, 2.75) is 54.9 Å². The van der Waals surface area contributed by atoms with E-state index in [9.17, 15) is 0 Å². The smallest absolute Gasteiger partial charge is 0.0241 e. The quantitative estimate of drug-likeness (QED) is 0.645. The van der Waals surface area contributed by atoms with Gasteiger partial charge in [0.15, 0.2) is 0 Å². The molecule has 0 aromatic rings. The zero-order valence-corrected chi connectivity index (χ0v) is 15.0. The fourth-order valence-electron chi connectivity index (χ4n) is 1.48. The Balaban J connectivity index is -0.000000328. The van der Waals surface area contributed by atoms with Crippen molar-refractivity contribution in [1.29, 1.82) is 0 Å². The molecule has 2 heteroatoms. The molecule has 0 aliphatic carbocycles. The minimum atomic E-state index is 1.07. The van der Waals surface area contributed by atoms with Gasteiger partial charge >= 0.3 is 0 Å². The van der Waals surface area contributed by atoms with Crippen LogP contribution < -0.4 is 0 Å². The van der Waals surface area contributed by atoms with Crippen molar-refractivity contribution >= 4 is 11.8 Å². The summed E-state index contributed by atoms with van der Waals surface area (Å²) in [7, 11) is 2.17. The van der Waals surface area contributed by atoms with E-state index in [1.807, 2.05) is 53.3 Å². The maximum atomic E-state index is 4.01. The molecular formula is C16H35NS. The van der Waals surface area contributed by atoms with E-state index in [4.69, 9.17) is 0 Å². The van der Waals surface area contributed by atoms with Crippen LogP contribution in [0, 0.1) is 0 Å². The molecule has 0 aromatic carbocycles. The number of rotatable bonds is 2. The highest BCUT2D eigenvalue weighted by molar-refractivity contribution is 8.02. The fourth-order valence-corrected chi connectivity index (χ4v) is 2.26. The summed E-state index contributed by atoms with van der Waals surface area (Å²) in [5, 5.41) is 0. The number of nitrogens with zero attached hydrogens (tertiary/aromatic N) is 1. The molecule has 0 amide bonds. The molecule has 0 fully saturated rings. The highest BCUT2D eigenvalue weighted by Crippen LogP contribution is 2.28. The first-order valence-corrected chi connectivity index (χ1v) is 8.48. The van der Waals surface area contributed by atoms with Crippen LogP contribution in [0.2, 0.25) is 0 Å². The van der Waals surface area contributed by atoms with Crippen molar-refractivity contribution in [3.63, 3.8) is 0 Å². The van der Waals surface area contributed by atoms with Gasteiger partial charge in [-0.05, 0) is 37.1 Å². The van der Waals surface area contributed by atoms with Crippen LogP contribution >= 0.6 is 11.8 Å². The van der Waals surface area contributed by atoms with Crippen LogP contribution in [-0.2, 0) is 0 Å². The van der Waals surface area contributed by atoms with Crippen LogP contribution in [0.4, 0.5) is 0 Å². The Labute approximate surface area is 121 Å². The van der Waals surface area contributed by atoms with Gasteiger partial charge in [-0.25, -0.2) is 0 Å². The number of thioether (sulfide) groups is 1. The monoisotopic (exact) mass is 273 g/mol. The SMILES string of the molecule is C=C(C)C1=C(SC)CCN(C)C1.CC.CC.CC. The second kappa shape index (κ2) is 16.8. The van der Waals surface area contributed by atoms with Gasteiger partial charge in [0.05, 0.1) is 0 Å². The molecule has 1 aliphatic heterocycles. The maximum Gasteiger partial charge on any atom is 0.0241 e. The average Bonchev–Trinajstić information content (AvgIpc) is 2.45. The summed E-state index contributed by atoms with van der Waals surface area (Å²) < 4.78 is 0. The summed E-state index contributed by atoms with van der Waals surface area (Å²) in [5.41, 5.74) is 2.68. The topological polar surface area (TPSA) is 3.24 Å². The van der Waals surface area contributed by atoms with Crippen molar-refractivity contribution in [2.24, 2.45) is 0 Å². The van der Waals surface area contributed by atoms with Gasteiger partial charge in [0.1, 0.15) is 0 Å². The Bertz CT molecular complexity index is 219. The van der Waals surface area contributed by atoms with Gasteiger partial charge in [-0.1, -0.05) is 53.7 Å². The molecule has 110 valence electrons. The molecule has 18 heavy (non-hydrogen) atoms. The number of hydrogen-bond donors (Lipinski definition) is 0. The molecule has 0 unspecified atom stereocenters. The standard InChI is InChI=1S/C10H17NS.3C2H6/c1-8(2)9-7-11(3)6-5-10(9)12-4;3*1-2/h1,5-7H2,2-4H3;3*1-2H3. The molecule has 0 saturated carbocycles. The third-order valence-corrected chi connectivity index (χ3v) is 3.19. The predicted molar refractivity (Wildman–Crippen MR) is 91.5 cm³/mol. The summed E-state index contributed by atoms with van der Waals surface area (Å²) in [6.45, 7) is 20.4. The summed E-state index contributed by atoms with van der Waals surface area (Å²) in [6.07, 6.45) is 3.35. The van der Waals surface area contributed by atoms with E-state index in [-0.39, 0.29) is 0 Å². The van der Waals surface area contributed by atoms with Gasteiger partial charge in [-0.3, -0.25) is 0 Å². The summed E-state index contributed by atoms with van der Waals surface area (Å²) in [4.78, 5) is 3.88. The van der Waals surface area contributed by atoms with E-state index in [2.05, 4.69) is 31.7 Å². The van der Waals surface area contributed by atoms with Crippen LogP contribution in [0.3, 0.4) is 0 Å². The van der Waals surface area contributed by atoms with Crippen molar-refractivity contribution in [3.8, 4) is 0 Å². The summed E-state index contributed by atoms with van der Waals surface area (Å²) in [6, 6.07) is 0. The predicted octanol–water partition coefficient (Wildman–Crippen LogP) is 5.59. The first-order chi connectivity index (χ1) is 8.65. The van der Waals surface area contributed by atoms with E-state index < -0.39 is 0 Å². The van der Waals surface area contributed by atoms with Crippen LogP contribution in [0.15, 0.2) is 22.6 Å². The van der Waals surface area contributed by atoms with Crippen LogP contribution in [0.5, 0.6) is 0 Å². The lowest BCUT2D eigenvalue weighted by Gasteiger charge is -2.27. The third-order valence-electron chi connectivity index (χ3n) is 2.25. The minimum absolute atomic E-state index is 1.07. The van der Waals surface area contributed by atoms with Crippen LogP contribution in [0.1, 0.15) is 54.9 Å². The van der Waals surface area contributed by atoms with E-state index >= 15 is 0 Å². The molecule has 0 bridgehead atoms. The van der Waals surface area contributed by atoms with Gasteiger partial charge in [0.25, 0.3) is 0 Å². The lowest BCUT2D eigenvalue weighted by atomic mass is 10.0. The van der Waals surface area contributed by atoms with E-state index in [1.54, 1.807) is 0 Å². The molecule has 0 aromatic heterocycles. The third kappa shape index (κ3) is 9.78. The number of hydrogen-bond acceptors (Lipinski definition) is 2. The molecule has 1 aliphatic rings. The second-order valence-corrected chi connectivity index (χ2v) is 4.28. The first-order valence-electron chi connectivity index (χ1n) is 7.25. The molecule has 1 nitrogen and oxygen atoms in total. The van der Waals surface area contributed by atoms with Crippen molar-refractivity contribution in [3.05, 3.63) is 22.6 Å². The molecule has 0 atom stereocenters. The minimum Gasteiger partial charge on any atom is -0.302 e. The normalized spacial score (nSPS) is 14.3. The lowest BCUT2D eigenvalue weighted by molar-refractivity contribution is 0.355. The van der Waals surface area contributed by atoms with Gasteiger partial charge in [0.2, 0.25) is 0 Å². The molecule has 0 radical (unpaired) electrons. The highest BCUT2D eigenvalue weighted by atomic mass is 32.2. The van der Waals surface area contributed by atoms with Crippen LogP contribution in [-0.4, -0.2) is 31.3 Å². The molecule has 0 spiro atoms. The lowest BCUT2D eigenvalue weighted by Crippen LogP contribution is -2.27. The van der Waals surface area contributed by atoms with Crippen molar-refractivity contribution in [1.82, 2.24) is 4.90 Å². The second-order valence-electron chi connectivity index (χ2n) is 3.37. The van der Waals surface area contributed by atoms with Crippen molar-refractivity contribution < 1.29 is 0 Å². The first kappa shape index (κ1) is 22.9. The Hall–Kier alpha value is -0.210. The Morgan fingerprint density at radius 1 is 1.11 bits per heavy atom. The zero-order chi connectivity index (χ0) is 15.1. The Morgan fingerprint density at radius 2 is 1.56 bits per heavy atom. The maximum absolute atomic E-state index is 4.01. The van der Waals surface area contributed by atoms with E-state index in [0.717, 1.165) is 6.54 Å². The Kier molecular flexibility index (Phi) is 21.4. The van der Waals surface area contributed by atoms with Crippen LogP contribution in [0.25, 0.3) is 0 Å². The molecule has 0 saturated heterocycles. The van der Waals surface area contributed by atoms with Gasteiger partial charge in [0, 0.05) is 13.1 Å². The molecule has 1 heterocycles. The van der Waals surface area contributed by atoms with Gasteiger partial charge < -0.3 is 4.90 Å². The van der Waals surface area contributed by atoms with Crippen molar-refractivity contribution in [2.75, 3.05) is 26.4 Å². The summed E-state index contributed by atoms with van der Waals surface area (Å²) >= 11 is 1.88. The Morgan fingerprint density at radius 3 is 1.89 bits per heavy atom.